The zero-order chi connectivity index (χ0) is 10.3. The van der Waals surface area contributed by atoms with E-state index in [1.165, 1.54) is 11.3 Å². The minimum Gasteiger partial charge on any atom is -0.348 e. The molecule has 2 rings (SSSR count). The third kappa shape index (κ3) is 5.73. The van der Waals surface area contributed by atoms with Crippen molar-refractivity contribution in [2.45, 2.75) is 13.0 Å². The quantitative estimate of drug-likeness (QED) is 0.823. The summed E-state index contributed by atoms with van der Waals surface area (Å²) in [5.74, 6) is 0. The Kier molecular flexibility index (Phi) is 8.50. The summed E-state index contributed by atoms with van der Waals surface area (Å²) in [4.78, 5) is 7.06. The molecule has 1 heterocycles. The van der Waals surface area contributed by atoms with Gasteiger partial charge < -0.3 is 10.3 Å². The molecule has 0 fully saturated rings. The Bertz CT molecular complexity index is 376. The number of H-pyrrole nitrogens is 1. The van der Waals surface area contributed by atoms with Crippen molar-refractivity contribution in [3.8, 4) is 0 Å². The Balaban J connectivity index is 0.00000128. The van der Waals surface area contributed by atoms with E-state index in [4.69, 9.17) is 0 Å². The second-order valence-electron chi connectivity index (χ2n) is 3.49. The molecule has 0 bridgehead atoms. The van der Waals surface area contributed by atoms with Gasteiger partial charge in [-0.2, -0.15) is 0 Å². The highest BCUT2D eigenvalue weighted by Crippen LogP contribution is 1.97. The molecule has 0 radical (unpaired) electrons. The molecule has 2 aromatic rings. The van der Waals surface area contributed by atoms with Crippen molar-refractivity contribution in [1.29, 1.82) is 0 Å². The van der Waals surface area contributed by atoms with Crippen molar-refractivity contribution in [1.82, 2.24) is 15.3 Å². The number of aromatic amines is 1. The molecule has 1 aromatic carbocycles. The monoisotopic (exact) mass is 273 g/mol. The number of benzene rings is 1. The van der Waals surface area contributed by atoms with Crippen LogP contribution in [-0.2, 0) is 13.0 Å². The van der Waals surface area contributed by atoms with E-state index in [0.717, 1.165) is 19.5 Å². The lowest BCUT2D eigenvalue weighted by Gasteiger charge is -2.03. The van der Waals surface area contributed by atoms with Gasteiger partial charge in [-0.1, -0.05) is 30.3 Å². The van der Waals surface area contributed by atoms with Gasteiger partial charge in [0.05, 0.1) is 6.33 Å². The predicted octanol–water partition coefficient (Wildman–Crippen LogP) is 2.59. The second kappa shape index (κ2) is 9.05. The third-order valence-corrected chi connectivity index (χ3v) is 2.30. The van der Waals surface area contributed by atoms with Gasteiger partial charge in [0.25, 0.3) is 0 Å². The maximum atomic E-state index is 3.98. The number of hydrogen-bond acceptors (Lipinski definition) is 2. The molecule has 2 N–H and O–H groups in total. The average Bonchev–Trinajstić information content (AvgIpc) is 2.79. The van der Waals surface area contributed by atoms with E-state index in [2.05, 4.69) is 39.6 Å². The summed E-state index contributed by atoms with van der Waals surface area (Å²) in [6.45, 7) is 1.89. The molecule has 0 saturated carbocycles. The lowest BCUT2D eigenvalue weighted by Crippen LogP contribution is -2.16. The Hall–Kier alpha value is -1.03. The van der Waals surface area contributed by atoms with E-state index in [1.54, 1.807) is 6.33 Å². The molecule has 1 aromatic heterocycles. The van der Waals surface area contributed by atoms with Gasteiger partial charge in [-0.05, 0) is 5.56 Å². The summed E-state index contributed by atoms with van der Waals surface area (Å²) in [6, 6.07) is 10.4. The van der Waals surface area contributed by atoms with Gasteiger partial charge in [-0.25, -0.2) is 4.98 Å². The van der Waals surface area contributed by atoms with Crippen LogP contribution in [-0.4, -0.2) is 16.5 Å². The largest absolute Gasteiger partial charge is 0.348 e. The predicted molar refractivity (Wildman–Crippen MR) is 74.9 cm³/mol. The first-order chi connectivity index (χ1) is 7.45. The van der Waals surface area contributed by atoms with Crippen LogP contribution >= 0.6 is 24.8 Å². The summed E-state index contributed by atoms with van der Waals surface area (Å²) >= 11 is 0. The third-order valence-electron chi connectivity index (χ3n) is 2.30. The van der Waals surface area contributed by atoms with Crippen LogP contribution in [0.2, 0.25) is 0 Å². The molecule has 0 spiro atoms. The van der Waals surface area contributed by atoms with Crippen LogP contribution in [0.5, 0.6) is 0 Å². The Morgan fingerprint density at radius 2 is 1.88 bits per heavy atom. The van der Waals surface area contributed by atoms with Gasteiger partial charge in [-0.15, -0.1) is 24.8 Å². The molecule has 0 aliphatic heterocycles. The highest BCUT2D eigenvalue weighted by atomic mass is 35.5. The van der Waals surface area contributed by atoms with E-state index < -0.39 is 0 Å². The minimum absolute atomic E-state index is 0. The SMILES string of the molecule is Cl.Cl.c1ccc(CNCCc2cnc[nH]2)cc1. The van der Waals surface area contributed by atoms with Gasteiger partial charge in [0, 0.05) is 31.4 Å². The number of nitrogens with one attached hydrogen (secondary N) is 2. The lowest BCUT2D eigenvalue weighted by atomic mass is 10.2. The molecule has 17 heavy (non-hydrogen) atoms. The molecule has 0 unspecified atom stereocenters. The molecular weight excluding hydrogens is 257 g/mol. The molecule has 0 atom stereocenters. The fourth-order valence-corrected chi connectivity index (χ4v) is 1.47. The van der Waals surface area contributed by atoms with Crippen LogP contribution < -0.4 is 5.32 Å². The van der Waals surface area contributed by atoms with Gasteiger partial charge in [0.2, 0.25) is 0 Å². The number of rotatable bonds is 5. The van der Waals surface area contributed by atoms with Gasteiger partial charge in [-0.3, -0.25) is 0 Å². The maximum absolute atomic E-state index is 3.98. The van der Waals surface area contributed by atoms with E-state index in [-0.39, 0.29) is 24.8 Å². The number of aromatic nitrogens is 2. The van der Waals surface area contributed by atoms with Crippen LogP contribution in [0.15, 0.2) is 42.9 Å². The summed E-state index contributed by atoms with van der Waals surface area (Å²) in [5.41, 5.74) is 2.50. The fourth-order valence-electron chi connectivity index (χ4n) is 1.47. The minimum atomic E-state index is 0. The first-order valence-electron chi connectivity index (χ1n) is 5.17. The highest BCUT2D eigenvalue weighted by molar-refractivity contribution is 5.85. The van der Waals surface area contributed by atoms with Crippen LogP contribution in [0.25, 0.3) is 0 Å². The average molecular weight is 274 g/mol. The van der Waals surface area contributed by atoms with Crippen molar-refractivity contribution >= 4 is 24.8 Å². The summed E-state index contributed by atoms with van der Waals surface area (Å²) in [7, 11) is 0. The van der Waals surface area contributed by atoms with Crippen molar-refractivity contribution in [3.63, 3.8) is 0 Å². The maximum Gasteiger partial charge on any atom is 0.0921 e. The number of hydrogen-bond donors (Lipinski definition) is 2. The summed E-state index contributed by atoms with van der Waals surface area (Å²) < 4.78 is 0. The number of nitrogens with zero attached hydrogens (tertiary/aromatic N) is 1. The molecule has 0 saturated heterocycles. The Morgan fingerprint density at radius 1 is 1.12 bits per heavy atom. The summed E-state index contributed by atoms with van der Waals surface area (Å²) in [5, 5.41) is 3.39. The fraction of sp³-hybridized carbons (Fsp3) is 0.250. The van der Waals surface area contributed by atoms with Crippen molar-refractivity contribution in [2.75, 3.05) is 6.54 Å². The zero-order valence-electron chi connectivity index (χ0n) is 9.43. The van der Waals surface area contributed by atoms with E-state index in [9.17, 15) is 0 Å². The molecule has 3 nitrogen and oxygen atoms in total. The first kappa shape index (κ1) is 16.0. The molecule has 5 heteroatoms. The van der Waals surface area contributed by atoms with Gasteiger partial charge in [0.15, 0.2) is 0 Å². The standard InChI is InChI=1S/C12H15N3.2ClH/c1-2-4-11(5-3-1)8-13-7-6-12-9-14-10-15-12;;/h1-5,9-10,13H,6-8H2,(H,14,15);2*1H. The molecule has 0 amide bonds. The van der Waals surface area contributed by atoms with Gasteiger partial charge in [0.1, 0.15) is 0 Å². The Labute approximate surface area is 114 Å². The van der Waals surface area contributed by atoms with Crippen LogP contribution in [0.3, 0.4) is 0 Å². The van der Waals surface area contributed by atoms with Crippen LogP contribution in [0, 0.1) is 0 Å². The topological polar surface area (TPSA) is 40.7 Å². The first-order valence-corrected chi connectivity index (χ1v) is 5.17. The highest BCUT2D eigenvalue weighted by Gasteiger charge is 1.93. The van der Waals surface area contributed by atoms with E-state index in [1.807, 2.05) is 12.3 Å². The molecular formula is C12H17Cl2N3. The van der Waals surface area contributed by atoms with E-state index >= 15 is 0 Å². The zero-order valence-corrected chi connectivity index (χ0v) is 11.1. The van der Waals surface area contributed by atoms with Crippen molar-refractivity contribution in [3.05, 3.63) is 54.1 Å². The Morgan fingerprint density at radius 3 is 2.53 bits per heavy atom. The van der Waals surface area contributed by atoms with Crippen molar-refractivity contribution in [2.24, 2.45) is 0 Å². The second-order valence-corrected chi connectivity index (χ2v) is 3.49. The molecule has 0 aliphatic rings. The molecule has 0 aliphatic carbocycles. The molecule has 94 valence electrons. The smallest absolute Gasteiger partial charge is 0.0921 e. The number of halogens is 2. The van der Waals surface area contributed by atoms with E-state index in [0.29, 0.717) is 0 Å². The van der Waals surface area contributed by atoms with Crippen molar-refractivity contribution < 1.29 is 0 Å². The van der Waals surface area contributed by atoms with Gasteiger partial charge >= 0.3 is 0 Å². The normalized spacial score (nSPS) is 9.18. The van der Waals surface area contributed by atoms with Crippen LogP contribution in [0.4, 0.5) is 0 Å². The summed E-state index contributed by atoms with van der Waals surface area (Å²) in [6.07, 6.45) is 4.57. The number of imidazole rings is 1. The lowest BCUT2D eigenvalue weighted by molar-refractivity contribution is 0.681. The van der Waals surface area contributed by atoms with Crippen LogP contribution in [0.1, 0.15) is 11.3 Å².